The normalized spacial score (nSPS) is 16.1. The van der Waals surface area contributed by atoms with Gasteiger partial charge in [-0.1, -0.05) is 0 Å². The highest BCUT2D eigenvalue weighted by Gasteiger charge is 2.23. The second-order valence-electron chi connectivity index (χ2n) is 8.35. The van der Waals surface area contributed by atoms with E-state index in [1.165, 1.54) is 9.75 Å². The molecule has 0 aromatic carbocycles. The fourth-order valence-corrected chi connectivity index (χ4v) is 4.96. The topological polar surface area (TPSA) is 63.1 Å². The predicted molar refractivity (Wildman–Crippen MR) is 119 cm³/mol. The SMILES string of the molecule is Cc1cc(-c2cc(C(=O)NC3CCN(C)CC3)c3cnn(C(C)C)c3n2)c(C)s1. The van der Waals surface area contributed by atoms with Gasteiger partial charge in [0, 0.05) is 27.4 Å². The van der Waals surface area contributed by atoms with Crippen LogP contribution in [0.2, 0.25) is 0 Å². The van der Waals surface area contributed by atoms with E-state index >= 15 is 0 Å². The number of carbonyl (C=O) groups is 1. The Balaban J connectivity index is 1.77. The van der Waals surface area contributed by atoms with Gasteiger partial charge in [0.25, 0.3) is 5.91 Å². The summed E-state index contributed by atoms with van der Waals surface area (Å²) in [5, 5.41) is 8.60. The van der Waals surface area contributed by atoms with E-state index in [1.807, 2.05) is 10.7 Å². The highest BCUT2D eigenvalue weighted by molar-refractivity contribution is 7.12. The Hall–Kier alpha value is -2.25. The van der Waals surface area contributed by atoms with E-state index in [0.717, 1.165) is 48.2 Å². The summed E-state index contributed by atoms with van der Waals surface area (Å²) in [4.78, 5) is 23.0. The molecule has 1 aliphatic heterocycles. The lowest BCUT2D eigenvalue weighted by Gasteiger charge is -2.29. The first-order chi connectivity index (χ1) is 13.8. The van der Waals surface area contributed by atoms with E-state index in [0.29, 0.717) is 5.56 Å². The van der Waals surface area contributed by atoms with Crippen molar-refractivity contribution in [2.45, 2.75) is 52.6 Å². The first kappa shape index (κ1) is 20.0. The lowest BCUT2D eigenvalue weighted by atomic mass is 10.0. The molecule has 4 rings (SSSR count). The average Bonchev–Trinajstić information content (AvgIpc) is 3.25. The minimum absolute atomic E-state index is 0.0267. The van der Waals surface area contributed by atoms with Gasteiger partial charge in [0.2, 0.25) is 0 Å². The number of nitrogens with zero attached hydrogens (tertiary/aromatic N) is 4. The quantitative estimate of drug-likeness (QED) is 0.699. The molecule has 7 heteroatoms. The fourth-order valence-electron chi connectivity index (χ4n) is 4.02. The van der Waals surface area contributed by atoms with Crippen molar-refractivity contribution in [3.05, 3.63) is 33.6 Å². The van der Waals surface area contributed by atoms with Gasteiger partial charge >= 0.3 is 0 Å². The summed E-state index contributed by atoms with van der Waals surface area (Å²) in [5.41, 5.74) is 3.38. The van der Waals surface area contributed by atoms with Crippen LogP contribution in [0.15, 0.2) is 18.3 Å². The number of amides is 1. The van der Waals surface area contributed by atoms with Crippen molar-refractivity contribution < 1.29 is 4.79 Å². The van der Waals surface area contributed by atoms with Gasteiger partial charge in [-0.05, 0) is 72.8 Å². The number of thiophene rings is 1. The zero-order chi connectivity index (χ0) is 20.7. The molecule has 3 aromatic heterocycles. The number of nitrogens with one attached hydrogen (secondary N) is 1. The standard InChI is InChI=1S/C22H29N5OS/c1-13(2)27-21-19(12-23-27)18(22(28)24-16-6-8-26(5)9-7-16)11-20(25-21)17-10-14(3)29-15(17)4/h10-13,16H,6-9H2,1-5H3,(H,24,28). The van der Waals surface area contributed by atoms with E-state index in [9.17, 15) is 4.79 Å². The van der Waals surface area contributed by atoms with Crippen molar-refractivity contribution >= 4 is 28.3 Å². The summed E-state index contributed by atoms with van der Waals surface area (Å²) in [7, 11) is 2.13. The zero-order valence-corrected chi connectivity index (χ0v) is 18.6. The minimum atomic E-state index is -0.0267. The maximum Gasteiger partial charge on any atom is 0.252 e. The summed E-state index contributed by atoms with van der Waals surface area (Å²) < 4.78 is 1.90. The third kappa shape index (κ3) is 3.94. The molecule has 1 N–H and O–H groups in total. The van der Waals surface area contributed by atoms with Crippen LogP contribution in [0.4, 0.5) is 0 Å². The van der Waals surface area contributed by atoms with Crippen LogP contribution >= 0.6 is 11.3 Å². The molecule has 0 radical (unpaired) electrons. The van der Waals surface area contributed by atoms with Crippen molar-refractivity contribution in [3.8, 4) is 11.3 Å². The van der Waals surface area contributed by atoms with Crippen molar-refractivity contribution in [3.63, 3.8) is 0 Å². The first-order valence-electron chi connectivity index (χ1n) is 10.3. The molecule has 1 aliphatic rings. The zero-order valence-electron chi connectivity index (χ0n) is 17.8. The molecule has 154 valence electrons. The van der Waals surface area contributed by atoms with E-state index in [-0.39, 0.29) is 18.0 Å². The maximum absolute atomic E-state index is 13.3. The summed E-state index contributed by atoms with van der Waals surface area (Å²) in [5.74, 6) is -0.0267. The fraction of sp³-hybridized carbons (Fsp3) is 0.500. The van der Waals surface area contributed by atoms with Crippen LogP contribution in [0.5, 0.6) is 0 Å². The molecule has 0 unspecified atom stereocenters. The molecule has 6 nitrogen and oxygen atoms in total. The Morgan fingerprint density at radius 2 is 1.97 bits per heavy atom. The molecule has 1 saturated heterocycles. The van der Waals surface area contributed by atoms with Gasteiger partial charge in [-0.3, -0.25) is 4.79 Å². The molecular formula is C22H29N5OS. The third-order valence-corrected chi connectivity index (χ3v) is 6.64. The number of fused-ring (bicyclic) bond motifs is 1. The molecule has 0 bridgehead atoms. The lowest BCUT2D eigenvalue weighted by Crippen LogP contribution is -2.43. The second-order valence-corrected chi connectivity index (χ2v) is 9.81. The van der Waals surface area contributed by atoms with Crippen LogP contribution in [0.1, 0.15) is 52.8 Å². The number of aryl methyl sites for hydroxylation is 2. The molecule has 0 saturated carbocycles. The molecule has 29 heavy (non-hydrogen) atoms. The van der Waals surface area contributed by atoms with Gasteiger partial charge in [-0.15, -0.1) is 11.3 Å². The monoisotopic (exact) mass is 411 g/mol. The molecule has 0 spiro atoms. The van der Waals surface area contributed by atoms with Crippen molar-refractivity contribution in [2.75, 3.05) is 20.1 Å². The van der Waals surface area contributed by atoms with Gasteiger partial charge in [-0.25, -0.2) is 9.67 Å². The minimum Gasteiger partial charge on any atom is -0.349 e. The predicted octanol–water partition coefficient (Wildman–Crippen LogP) is 4.18. The Bertz CT molecular complexity index is 1040. The Kier molecular flexibility index (Phi) is 5.44. The number of rotatable bonds is 4. The Labute approximate surface area is 175 Å². The largest absolute Gasteiger partial charge is 0.349 e. The van der Waals surface area contributed by atoms with Crippen LogP contribution < -0.4 is 5.32 Å². The summed E-state index contributed by atoms with van der Waals surface area (Å²) in [6.45, 7) is 10.4. The second kappa shape index (κ2) is 7.88. The lowest BCUT2D eigenvalue weighted by molar-refractivity contribution is 0.0918. The summed E-state index contributed by atoms with van der Waals surface area (Å²) in [6, 6.07) is 4.48. The molecule has 0 aliphatic carbocycles. The van der Waals surface area contributed by atoms with Gasteiger partial charge in [0.05, 0.1) is 22.8 Å². The van der Waals surface area contributed by atoms with Crippen LogP contribution in [0.25, 0.3) is 22.3 Å². The summed E-state index contributed by atoms with van der Waals surface area (Å²) in [6.07, 6.45) is 3.75. The Morgan fingerprint density at radius 1 is 1.24 bits per heavy atom. The maximum atomic E-state index is 13.3. The van der Waals surface area contributed by atoms with Gasteiger partial charge in [-0.2, -0.15) is 5.10 Å². The number of hydrogen-bond donors (Lipinski definition) is 1. The van der Waals surface area contributed by atoms with E-state index in [4.69, 9.17) is 4.98 Å². The smallest absolute Gasteiger partial charge is 0.252 e. The summed E-state index contributed by atoms with van der Waals surface area (Å²) >= 11 is 1.76. The van der Waals surface area contributed by atoms with Gasteiger partial charge in [0.1, 0.15) is 0 Å². The molecule has 4 heterocycles. The molecule has 3 aromatic rings. The van der Waals surface area contributed by atoms with Crippen LogP contribution in [0.3, 0.4) is 0 Å². The highest BCUT2D eigenvalue weighted by atomic mass is 32.1. The number of pyridine rings is 1. The van der Waals surface area contributed by atoms with Crippen LogP contribution in [0, 0.1) is 13.8 Å². The van der Waals surface area contributed by atoms with Crippen LogP contribution in [-0.4, -0.2) is 51.8 Å². The first-order valence-corrected chi connectivity index (χ1v) is 11.1. The van der Waals surface area contributed by atoms with E-state index < -0.39 is 0 Å². The highest BCUT2D eigenvalue weighted by Crippen LogP contribution is 2.32. The van der Waals surface area contributed by atoms with E-state index in [2.05, 4.69) is 56.1 Å². The number of piperidine rings is 1. The molecule has 1 amide bonds. The molecule has 1 fully saturated rings. The number of hydrogen-bond acceptors (Lipinski definition) is 5. The van der Waals surface area contributed by atoms with Crippen molar-refractivity contribution in [1.29, 1.82) is 0 Å². The Morgan fingerprint density at radius 3 is 2.59 bits per heavy atom. The average molecular weight is 412 g/mol. The van der Waals surface area contributed by atoms with Crippen molar-refractivity contribution in [1.82, 2.24) is 25.0 Å². The van der Waals surface area contributed by atoms with Crippen LogP contribution in [-0.2, 0) is 0 Å². The molecule has 0 atom stereocenters. The van der Waals surface area contributed by atoms with Gasteiger partial charge in [0.15, 0.2) is 5.65 Å². The number of carbonyl (C=O) groups excluding carboxylic acids is 1. The van der Waals surface area contributed by atoms with E-state index in [1.54, 1.807) is 17.5 Å². The third-order valence-electron chi connectivity index (χ3n) is 5.67. The van der Waals surface area contributed by atoms with Gasteiger partial charge < -0.3 is 10.2 Å². The molecular weight excluding hydrogens is 382 g/mol. The number of likely N-dealkylation sites (tertiary alicyclic amines) is 1. The number of aromatic nitrogens is 3. The van der Waals surface area contributed by atoms with Crippen molar-refractivity contribution in [2.24, 2.45) is 0 Å².